The van der Waals surface area contributed by atoms with Gasteiger partial charge in [0.1, 0.15) is 28.8 Å². The van der Waals surface area contributed by atoms with Gasteiger partial charge in [0.2, 0.25) is 0 Å². The van der Waals surface area contributed by atoms with Gasteiger partial charge in [0.05, 0.1) is 5.69 Å². The van der Waals surface area contributed by atoms with E-state index >= 15 is 0 Å². The number of amides is 3. The maximum Gasteiger partial charge on any atom is 0.446 e. The molecule has 2 atom stereocenters. The number of rotatable bonds is 10. The highest BCUT2D eigenvalue weighted by atomic mass is 32.2. The molecule has 3 N–H and O–H groups in total. The quantitative estimate of drug-likeness (QED) is 0.0974. The van der Waals surface area contributed by atoms with Crippen LogP contribution in [0.3, 0.4) is 0 Å². The SMILES string of the molecule is Cc1ccnc(Nc2cc(C(C)C3(C(C)c4ccnc(Nc5cc(C)ccn5)c4)NC(=O)N(c4ccc(SC(F)(F)F)cc4)C3=O)ccn2)c1. The molecule has 256 valence electrons. The van der Waals surface area contributed by atoms with E-state index in [-0.39, 0.29) is 22.3 Å². The Labute approximate surface area is 291 Å². The predicted octanol–water partition coefficient (Wildman–Crippen LogP) is 8.38. The zero-order valence-electron chi connectivity index (χ0n) is 27.5. The van der Waals surface area contributed by atoms with E-state index in [4.69, 9.17) is 0 Å². The average molecular weight is 699 g/mol. The van der Waals surface area contributed by atoms with Crippen LogP contribution in [0.1, 0.15) is 47.9 Å². The molecule has 3 amide bonds. The molecule has 10 nitrogen and oxygen atoms in total. The van der Waals surface area contributed by atoms with Crippen LogP contribution in [-0.4, -0.2) is 42.9 Å². The highest BCUT2D eigenvalue weighted by Gasteiger charge is 2.58. The zero-order valence-corrected chi connectivity index (χ0v) is 28.3. The molecule has 0 bridgehead atoms. The number of halogens is 3. The summed E-state index contributed by atoms with van der Waals surface area (Å²) < 4.78 is 39.0. The van der Waals surface area contributed by atoms with Crippen LogP contribution < -0.4 is 20.9 Å². The first-order valence-corrected chi connectivity index (χ1v) is 16.5. The second kappa shape index (κ2) is 13.8. The number of aryl methyl sites for hydroxylation is 2. The van der Waals surface area contributed by atoms with Gasteiger partial charge >= 0.3 is 11.5 Å². The van der Waals surface area contributed by atoms with Crippen LogP contribution in [0.15, 0.2) is 102 Å². The molecule has 2 unspecified atom stereocenters. The van der Waals surface area contributed by atoms with Gasteiger partial charge in [-0.25, -0.2) is 29.6 Å². The molecule has 5 heterocycles. The number of anilines is 5. The van der Waals surface area contributed by atoms with Gasteiger partial charge in [-0.1, -0.05) is 13.8 Å². The van der Waals surface area contributed by atoms with Gasteiger partial charge in [-0.15, -0.1) is 0 Å². The summed E-state index contributed by atoms with van der Waals surface area (Å²) in [7, 11) is 0. The maximum absolute atomic E-state index is 14.8. The fraction of sp³-hybridized carbons (Fsp3) is 0.222. The van der Waals surface area contributed by atoms with Crippen molar-refractivity contribution in [3.05, 3.63) is 120 Å². The Kier molecular flexibility index (Phi) is 9.47. The second-order valence-corrected chi connectivity index (χ2v) is 13.2. The van der Waals surface area contributed by atoms with Crippen LogP contribution in [0.25, 0.3) is 0 Å². The van der Waals surface area contributed by atoms with Crippen LogP contribution >= 0.6 is 11.8 Å². The third-order valence-electron chi connectivity index (χ3n) is 8.68. The van der Waals surface area contributed by atoms with Crippen LogP contribution in [0, 0.1) is 13.8 Å². The Bertz CT molecular complexity index is 1950. The molecular weight excluding hydrogens is 666 g/mol. The number of carbonyl (C=O) groups is 2. The first-order valence-electron chi connectivity index (χ1n) is 15.7. The molecule has 1 aromatic carbocycles. The lowest BCUT2D eigenvalue weighted by Crippen LogP contribution is -2.55. The Morgan fingerprint density at radius 2 is 1.14 bits per heavy atom. The van der Waals surface area contributed by atoms with E-state index in [0.29, 0.717) is 34.4 Å². The second-order valence-electron chi connectivity index (χ2n) is 12.1. The summed E-state index contributed by atoms with van der Waals surface area (Å²) in [5, 5.41) is 9.42. The molecule has 0 saturated carbocycles. The van der Waals surface area contributed by atoms with Crippen LogP contribution in [-0.2, 0) is 4.79 Å². The number of hydrogen-bond donors (Lipinski definition) is 3. The topological polar surface area (TPSA) is 125 Å². The number of nitrogens with zero attached hydrogens (tertiary/aromatic N) is 5. The van der Waals surface area contributed by atoms with Crippen molar-refractivity contribution in [2.45, 2.75) is 55.5 Å². The number of nitrogens with one attached hydrogen (secondary N) is 3. The number of benzene rings is 1. The number of carbonyl (C=O) groups excluding carboxylic acids is 2. The standard InChI is InChI=1S/C36H33F3N8O2S/c1-21-9-13-40-29(17-21)44-31-19-25(11-15-42-31)23(3)35(24(4)26-12-16-43-32(20-26)45-30-18-22(2)10-14-41-30)33(48)47(34(49)46-35)27-5-7-28(8-6-27)50-36(37,38)39/h5-20,23-24H,1-4H3,(H,46,49)(H,40,42,44)(H,41,43,45). The summed E-state index contributed by atoms with van der Waals surface area (Å²) in [6, 6.07) is 19.1. The number of urea groups is 1. The molecule has 14 heteroatoms. The minimum atomic E-state index is -4.48. The average Bonchev–Trinajstić information content (AvgIpc) is 3.34. The normalized spacial score (nSPS) is 17.3. The molecule has 0 radical (unpaired) electrons. The van der Waals surface area contributed by atoms with Crippen LogP contribution in [0.5, 0.6) is 0 Å². The summed E-state index contributed by atoms with van der Waals surface area (Å²) in [5.74, 6) is 0.345. The van der Waals surface area contributed by atoms with Crippen molar-refractivity contribution in [3.63, 3.8) is 0 Å². The van der Waals surface area contributed by atoms with Crippen LogP contribution in [0.2, 0.25) is 0 Å². The third kappa shape index (κ3) is 7.25. The van der Waals surface area contributed by atoms with Gasteiger partial charge in [-0.3, -0.25) is 4.79 Å². The number of pyridine rings is 4. The molecule has 50 heavy (non-hydrogen) atoms. The van der Waals surface area contributed by atoms with Crippen molar-refractivity contribution in [3.8, 4) is 0 Å². The van der Waals surface area contributed by atoms with Crippen LogP contribution in [0.4, 0.5) is 46.9 Å². The molecule has 1 fully saturated rings. The number of aromatic nitrogens is 4. The fourth-order valence-electron chi connectivity index (χ4n) is 6.12. The number of alkyl halides is 3. The Morgan fingerprint density at radius 1 is 0.700 bits per heavy atom. The number of imide groups is 1. The third-order valence-corrected chi connectivity index (χ3v) is 9.42. The van der Waals surface area contributed by atoms with Gasteiger partial charge in [0.25, 0.3) is 5.91 Å². The van der Waals surface area contributed by atoms with Crippen molar-refractivity contribution in [1.29, 1.82) is 0 Å². The molecular formula is C36H33F3N8O2S. The molecule has 4 aromatic heterocycles. The zero-order chi connectivity index (χ0) is 35.6. The van der Waals surface area contributed by atoms with Gasteiger partial charge < -0.3 is 16.0 Å². The lowest BCUT2D eigenvalue weighted by atomic mass is 9.70. The lowest BCUT2D eigenvalue weighted by molar-refractivity contribution is -0.123. The van der Waals surface area contributed by atoms with E-state index in [0.717, 1.165) is 16.0 Å². The van der Waals surface area contributed by atoms with E-state index in [2.05, 4.69) is 35.9 Å². The molecule has 1 aliphatic rings. The van der Waals surface area contributed by atoms with E-state index in [1.165, 1.54) is 24.3 Å². The van der Waals surface area contributed by atoms with Crippen molar-refractivity contribution >= 4 is 52.7 Å². The summed E-state index contributed by atoms with van der Waals surface area (Å²) >= 11 is -0.274. The number of hydrogen-bond acceptors (Lipinski definition) is 9. The highest BCUT2D eigenvalue weighted by molar-refractivity contribution is 8.00. The molecule has 0 spiro atoms. The predicted molar refractivity (Wildman–Crippen MR) is 187 cm³/mol. The summed E-state index contributed by atoms with van der Waals surface area (Å²) in [6.45, 7) is 7.60. The highest BCUT2D eigenvalue weighted by Crippen LogP contribution is 2.46. The fourth-order valence-corrected chi connectivity index (χ4v) is 6.66. The van der Waals surface area contributed by atoms with Gasteiger partial charge in [-0.05, 0) is 121 Å². The maximum atomic E-state index is 14.8. The Morgan fingerprint density at radius 3 is 1.58 bits per heavy atom. The minimum absolute atomic E-state index is 0.0684. The van der Waals surface area contributed by atoms with Gasteiger partial charge in [0.15, 0.2) is 0 Å². The first kappa shape index (κ1) is 34.4. The van der Waals surface area contributed by atoms with E-state index in [1.807, 2.05) is 52.0 Å². The summed E-state index contributed by atoms with van der Waals surface area (Å²) in [4.78, 5) is 47.1. The Hall–Kier alpha value is -5.50. The molecule has 1 saturated heterocycles. The summed E-state index contributed by atoms with van der Waals surface area (Å²) in [5.41, 5.74) is -2.47. The molecule has 1 aliphatic heterocycles. The lowest BCUT2D eigenvalue weighted by Gasteiger charge is -2.39. The molecule has 0 aliphatic carbocycles. The van der Waals surface area contributed by atoms with Gasteiger partial charge in [0, 0.05) is 41.5 Å². The smallest absolute Gasteiger partial charge is 0.325 e. The van der Waals surface area contributed by atoms with E-state index in [1.54, 1.807) is 49.1 Å². The minimum Gasteiger partial charge on any atom is -0.325 e. The Balaban J connectivity index is 1.39. The van der Waals surface area contributed by atoms with Gasteiger partial charge in [-0.2, -0.15) is 13.2 Å². The van der Waals surface area contributed by atoms with E-state index in [9.17, 15) is 22.8 Å². The van der Waals surface area contributed by atoms with Crippen molar-refractivity contribution in [2.75, 3.05) is 15.5 Å². The van der Waals surface area contributed by atoms with Crippen molar-refractivity contribution < 1.29 is 22.8 Å². The van der Waals surface area contributed by atoms with E-state index < -0.39 is 34.8 Å². The first-order chi connectivity index (χ1) is 23.8. The van der Waals surface area contributed by atoms with Crippen molar-refractivity contribution in [2.24, 2.45) is 0 Å². The summed E-state index contributed by atoms with van der Waals surface area (Å²) in [6.07, 6.45) is 6.59. The number of thioether (sulfide) groups is 1. The molecule has 6 rings (SSSR count). The largest absolute Gasteiger partial charge is 0.446 e. The monoisotopic (exact) mass is 698 g/mol. The van der Waals surface area contributed by atoms with Crippen molar-refractivity contribution in [1.82, 2.24) is 25.3 Å². The molecule has 5 aromatic rings.